The number of hydrogen-bond acceptors (Lipinski definition) is 7. The minimum atomic E-state index is -1.12. The fourth-order valence-corrected chi connectivity index (χ4v) is 4.11. The van der Waals surface area contributed by atoms with Crippen molar-refractivity contribution in [2.75, 3.05) is 5.32 Å². The molecule has 0 aliphatic carbocycles. The van der Waals surface area contributed by atoms with Crippen molar-refractivity contribution in [3.8, 4) is 34.3 Å². The first-order valence-electron chi connectivity index (χ1n) is 11.7. The number of primary amides is 1. The van der Waals surface area contributed by atoms with Gasteiger partial charge in [0.15, 0.2) is 5.83 Å². The molecule has 1 aromatic carbocycles. The topological polar surface area (TPSA) is 137 Å². The average Bonchev–Trinajstić information content (AvgIpc) is 3.24. The van der Waals surface area contributed by atoms with Crippen LogP contribution in [0.2, 0.25) is 0 Å². The second-order valence-corrected chi connectivity index (χ2v) is 8.64. The van der Waals surface area contributed by atoms with Crippen LogP contribution in [-0.4, -0.2) is 36.2 Å². The highest BCUT2D eigenvalue weighted by atomic mass is 19.1. The van der Waals surface area contributed by atoms with Gasteiger partial charge in [0, 0.05) is 23.7 Å². The minimum Gasteiger partial charge on any atom is -0.424 e. The van der Waals surface area contributed by atoms with Crippen LogP contribution in [0.15, 0.2) is 79.7 Å². The summed E-state index contributed by atoms with van der Waals surface area (Å²) in [4.78, 5) is 41.6. The first-order valence-corrected chi connectivity index (χ1v) is 11.7. The van der Waals surface area contributed by atoms with Gasteiger partial charge in [0.1, 0.15) is 5.75 Å². The summed E-state index contributed by atoms with van der Waals surface area (Å²) < 4.78 is 20.7. The number of amides is 2. The average molecular weight is 524 g/mol. The third-order valence-corrected chi connectivity index (χ3v) is 5.83. The first kappa shape index (κ1) is 25.2. The molecule has 5 rings (SSSR count). The number of nitrogens with one attached hydrogen (secondary N) is 1. The number of fused-ring (bicyclic) bond motifs is 1. The van der Waals surface area contributed by atoms with Gasteiger partial charge >= 0.3 is 6.01 Å². The van der Waals surface area contributed by atoms with E-state index in [-0.39, 0.29) is 17.3 Å². The van der Waals surface area contributed by atoms with E-state index in [1.165, 1.54) is 6.20 Å². The Morgan fingerprint density at radius 2 is 1.77 bits per heavy atom. The summed E-state index contributed by atoms with van der Waals surface area (Å²) in [6.45, 7) is 6.65. The number of nitrogens with zero attached hydrogens (tertiary/aromatic N) is 5. The lowest BCUT2D eigenvalue weighted by Gasteiger charge is -2.10. The summed E-state index contributed by atoms with van der Waals surface area (Å²) in [6, 6.07) is 12.2. The highest BCUT2D eigenvalue weighted by Crippen LogP contribution is 2.39. The van der Waals surface area contributed by atoms with Gasteiger partial charge in [-0.3, -0.25) is 19.6 Å². The molecule has 3 N–H and O–H groups in total. The fraction of sp³-hybridized carbons (Fsp3) is 0.0714. The largest absolute Gasteiger partial charge is 0.424 e. The molecule has 5 aromatic rings. The summed E-state index contributed by atoms with van der Waals surface area (Å²) in [7, 11) is 0. The maximum atomic E-state index is 13.1. The van der Waals surface area contributed by atoms with Crippen LogP contribution >= 0.6 is 0 Å². The van der Waals surface area contributed by atoms with Gasteiger partial charge < -0.3 is 20.2 Å². The van der Waals surface area contributed by atoms with E-state index in [1.807, 2.05) is 13.8 Å². The molecule has 2 amide bonds. The lowest BCUT2D eigenvalue weighted by molar-refractivity contribution is -0.114. The zero-order valence-corrected chi connectivity index (χ0v) is 21.0. The molecule has 0 radical (unpaired) electrons. The minimum absolute atomic E-state index is 0.213. The third-order valence-electron chi connectivity index (χ3n) is 5.83. The molecule has 0 spiro atoms. The smallest absolute Gasteiger partial charge is 0.322 e. The highest BCUT2D eigenvalue weighted by molar-refractivity contribution is 6.10. The van der Waals surface area contributed by atoms with E-state index in [0.717, 1.165) is 5.69 Å². The Kier molecular flexibility index (Phi) is 6.55. The Bertz CT molecular complexity index is 1750. The van der Waals surface area contributed by atoms with Crippen LogP contribution in [0.3, 0.4) is 0 Å². The van der Waals surface area contributed by atoms with Gasteiger partial charge in [-0.2, -0.15) is 0 Å². The van der Waals surface area contributed by atoms with Crippen molar-refractivity contribution in [1.82, 2.24) is 24.3 Å². The number of pyridine rings is 1. The van der Waals surface area contributed by atoms with Gasteiger partial charge in [-0.1, -0.05) is 18.7 Å². The standard InChI is InChI=1S/C28H22FN7O3/c1-15-10-11-31-28(34-15)39-20-7-4-18(5-8-20)23-24(26(30)37)22-13-32-16(2)14-36(22)25(23)21-9-6-19(12-33-21)35-27(38)17(3)29/h4-14H,3H2,1-2H3,(H2,30,37)(H,35,38). The number of nitrogens with two attached hydrogens (primary N) is 1. The lowest BCUT2D eigenvalue weighted by atomic mass is 9.98. The van der Waals surface area contributed by atoms with E-state index in [0.29, 0.717) is 39.5 Å². The molecule has 0 atom stereocenters. The van der Waals surface area contributed by atoms with Crippen LogP contribution in [0.5, 0.6) is 11.8 Å². The number of halogens is 1. The zero-order chi connectivity index (χ0) is 27.7. The molecule has 4 aromatic heterocycles. The monoisotopic (exact) mass is 523 g/mol. The molecule has 0 unspecified atom stereocenters. The van der Waals surface area contributed by atoms with Crippen LogP contribution in [0.1, 0.15) is 21.7 Å². The molecule has 194 valence electrons. The maximum absolute atomic E-state index is 13.1. The number of anilines is 1. The van der Waals surface area contributed by atoms with Gasteiger partial charge in [0.05, 0.1) is 46.2 Å². The van der Waals surface area contributed by atoms with Crippen LogP contribution in [0.25, 0.3) is 28.0 Å². The molecule has 0 aliphatic heterocycles. The number of aromatic nitrogens is 5. The van der Waals surface area contributed by atoms with Crippen molar-refractivity contribution < 1.29 is 18.7 Å². The van der Waals surface area contributed by atoms with E-state index in [4.69, 9.17) is 10.5 Å². The number of benzene rings is 1. The van der Waals surface area contributed by atoms with Crippen LogP contribution < -0.4 is 15.8 Å². The molecular formula is C28H22FN7O3. The second kappa shape index (κ2) is 10.1. The van der Waals surface area contributed by atoms with Crippen molar-refractivity contribution in [3.63, 3.8) is 0 Å². The van der Waals surface area contributed by atoms with Crippen molar-refractivity contribution in [3.05, 3.63) is 96.6 Å². The predicted molar refractivity (Wildman–Crippen MR) is 143 cm³/mol. The molecular weight excluding hydrogens is 501 g/mol. The van der Waals surface area contributed by atoms with E-state index >= 15 is 0 Å². The number of aryl methyl sites for hydroxylation is 2. The number of hydrogen-bond donors (Lipinski definition) is 2. The van der Waals surface area contributed by atoms with Gasteiger partial charge in [-0.15, -0.1) is 0 Å². The fourth-order valence-electron chi connectivity index (χ4n) is 4.11. The number of ether oxygens (including phenoxy) is 1. The van der Waals surface area contributed by atoms with Gasteiger partial charge in [-0.05, 0) is 49.7 Å². The molecule has 10 nitrogen and oxygen atoms in total. The Hall–Kier alpha value is -5.45. The van der Waals surface area contributed by atoms with Crippen LogP contribution in [0, 0.1) is 13.8 Å². The molecule has 0 saturated carbocycles. The quantitative estimate of drug-likeness (QED) is 0.293. The summed E-state index contributed by atoms with van der Waals surface area (Å²) in [5.41, 5.74) is 10.6. The third kappa shape index (κ3) is 5.05. The zero-order valence-electron chi connectivity index (χ0n) is 21.0. The number of carbonyl (C=O) groups excluding carboxylic acids is 2. The molecule has 0 saturated heterocycles. The number of rotatable bonds is 7. The van der Waals surface area contributed by atoms with Gasteiger partial charge in [-0.25, -0.2) is 14.4 Å². The van der Waals surface area contributed by atoms with Crippen LogP contribution in [0.4, 0.5) is 10.1 Å². The summed E-state index contributed by atoms with van der Waals surface area (Å²) in [6.07, 6.45) is 6.35. The first-order chi connectivity index (χ1) is 18.7. The summed E-state index contributed by atoms with van der Waals surface area (Å²) in [5, 5.41) is 2.37. The molecule has 39 heavy (non-hydrogen) atoms. The van der Waals surface area contributed by atoms with Gasteiger partial charge in [0.2, 0.25) is 0 Å². The lowest BCUT2D eigenvalue weighted by Crippen LogP contribution is -2.12. The number of carbonyl (C=O) groups is 2. The predicted octanol–water partition coefficient (Wildman–Crippen LogP) is 4.78. The van der Waals surface area contributed by atoms with E-state index in [1.54, 1.807) is 65.5 Å². The Labute approximate surface area is 222 Å². The van der Waals surface area contributed by atoms with Crippen molar-refractivity contribution in [1.29, 1.82) is 0 Å². The Balaban J connectivity index is 1.63. The molecule has 0 aliphatic rings. The summed E-state index contributed by atoms with van der Waals surface area (Å²) >= 11 is 0. The molecule has 4 heterocycles. The SMILES string of the molecule is C=C(F)C(=O)Nc1ccc(-c2c(-c3ccc(Oc4nccc(C)n4)cc3)c(C(N)=O)c3cnc(C)cn23)nc1. The van der Waals surface area contributed by atoms with E-state index < -0.39 is 17.6 Å². The van der Waals surface area contributed by atoms with E-state index in [2.05, 4.69) is 31.8 Å². The van der Waals surface area contributed by atoms with Crippen molar-refractivity contribution in [2.24, 2.45) is 5.73 Å². The van der Waals surface area contributed by atoms with Gasteiger partial charge in [0.25, 0.3) is 11.8 Å². The van der Waals surface area contributed by atoms with Crippen molar-refractivity contribution in [2.45, 2.75) is 13.8 Å². The summed E-state index contributed by atoms with van der Waals surface area (Å²) in [5.74, 6) is -2.22. The normalized spacial score (nSPS) is 10.8. The van der Waals surface area contributed by atoms with Crippen molar-refractivity contribution >= 4 is 23.0 Å². The molecule has 0 fully saturated rings. The van der Waals surface area contributed by atoms with Crippen LogP contribution in [-0.2, 0) is 4.79 Å². The molecule has 0 bridgehead atoms. The Morgan fingerprint density at radius 3 is 2.41 bits per heavy atom. The highest BCUT2D eigenvalue weighted by Gasteiger charge is 2.25. The second-order valence-electron chi connectivity index (χ2n) is 8.64. The Morgan fingerprint density at radius 1 is 1.00 bits per heavy atom. The van der Waals surface area contributed by atoms with E-state index in [9.17, 15) is 14.0 Å². The molecule has 11 heteroatoms. The maximum Gasteiger partial charge on any atom is 0.322 e.